The van der Waals surface area contributed by atoms with Gasteiger partial charge in [0.15, 0.2) is 21.3 Å². The standard InChI is InChI=1S/C17H23N3O2S.C16H22N6.C16H21N3.C13H14ClN3O.C13H14ClN3.C13H13N3O2/c1-12-10-18-13(2)19-16(12)20-14-7-6-8-15(9-14)23(21,22)11-17(3,4)5;1-12-11-18-16(20-15(12)17)19-13-3-5-14(6-4-13)22-9-7-21(2)8-10-22;1-11-10-17-12(2)18-15(11)19-14-8-6-7-13(9-14)16(3,4)5;1-8-7-15-9(2)16-13(8)17-10-4-5-11(14)12(6-10)18-3;1-8-6-11(4-5-12(8)14)17-13-9(2)7-15-10(3)16-13;1-8-6-14-9(2)15-13(8)16-10-4-3-5-11-12(10)18-7-17-11/h6-10H,11H2,1-5H3,(H,18,19,20);3-6,11H,7-10H2,1-2H3,(H3,17,18,19,20);6-10H,1-5H3,(H,17,18,19);4-7H,1-3H3,(H,15,16,17);4-7H,1-3H3,(H,15,16,17);3-6H,7H2,1-2H3,(H,14,15,16). The molecule has 8 heterocycles. The molecule has 0 aliphatic carbocycles. The first kappa shape index (κ1) is 89.0. The molecule has 0 radical (unpaired) electrons. The number of halogens is 2. The highest BCUT2D eigenvalue weighted by atomic mass is 35.5. The third-order valence-corrected chi connectivity index (χ3v) is 21.0. The molecule has 14 rings (SSSR count). The van der Waals surface area contributed by atoms with Gasteiger partial charge < -0.3 is 61.6 Å². The number of fused-ring (bicyclic) bond motifs is 1. The summed E-state index contributed by atoms with van der Waals surface area (Å²) >= 11 is 12.0. The van der Waals surface area contributed by atoms with E-state index in [4.69, 9.17) is 43.1 Å². The number of aromatic nitrogens is 12. The fourth-order valence-electron chi connectivity index (χ4n) is 11.4. The second-order valence-corrected chi connectivity index (χ2v) is 33.4. The van der Waals surface area contributed by atoms with E-state index in [0.717, 1.165) is 157 Å². The molecule has 2 aliphatic rings. The van der Waals surface area contributed by atoms with Gasteiger partial charge in [-0.1, -0.05) is 89.0 Å². The number of piperazine rings is 1. The summed E-state index contributed by atoms with van der Waals surface area (Å²) in [5, 5.41) is 20.8. The molecule has 12 aromatic rings. The van der Waals surface area contributed by atoms with E-state index in [1.165, 1.54) is 11.3 Å². The zero-order valence-corrected chi connectivity index (χ0v) is 72.7. The van der Waals surface area contributed by atoms with Gasteiger partial charge in [0.05, 0.1) is 28.5 Å². The predicted molar refractivity (Wildman–Crippen MR) is 474 cm³/mol. The molecule has 0 atom stereocenters. The van der Waals surface area contributed by atoms with Gasteiger partial charge in [0.25, 0.3) is 0 Å². The SMILES string of the molecule is COc1cc(Nc2nc(C)ncc2C)ccc1Cl.Cc1cnc(Nc2ccc(N3CCN(C)CC3)cc2)nc1N.Cc1ncc(C)c(Nc2ccc(Cl)c(C)c2)n1.Cc1ncc(C)c(Nc2cccc(C(C)(C)C)c2)n1.Cc1ncc(C)c(Nc2cccc(S(=O)(=O)CC(C)(C)C)c2)n1.Cc1ncc(C)c(Nc2cccc3c2OCO3)n1. The van der Waals surface area contributed by atoms with Gasteiger partial charge in [0.2, 0.25) is 12.7 Å². The fraction of sp³-hybridized carbons (Fsp3) is 0.318. The summed E-state index contributed by atoms with van der Waals surface area (Å²) in [4.78, 5) is 56.2. The number of likely N-dealkylation sites (N-methyl/N-ethyl adjacent to an activating group) is 1. The van der Waals surface area contributed by atoms with Crippen LogP contribution >= 0.6 is 23.2 Å². The molecule has 0 amide bonds. The smallest absolute Gasteiger partial charge is 0.231 e. The molecular weight excluding hydrogens is 1530 g/mol. The highest BCUT2D eigenvalue weighted by molar-refractivity contribution is 7.91. The maximum absolute atomic E-state index is 12.5. The van der Waals surface area contributed by atoms with Crippen molar-refractivity contribution in [3.05, 3.63) is 248 Å². The summed E-state index contributed by atoms with van der Waals surface area (Å²) in [6, 6.07) is 40.7. The lowest BCUT2D eigenvalue weighted by Crippen LogP contribution is -2.44. The Morgan fingerprint density at radius 2 is 0.889 bits per heavy atom. The molecule has 0 unspecified atom stereocenters. The minimum absolute atomic E-state index is 0.106. The lowest BCUT2D eigenvalue weighted by molar-refractivity contribution is 0.174. The van der Waals surface area contributed by atoms with E-state index in [1.807, 2.05) is 183 Å². The van der Waals surface area contributed by atoms with E-state index in [-0.39, 0.29) is 23.4 Å². The topological polar surface area (TPSA) is 321 Å². The van der Waals surface area contributed by atoms with Crippen molar-refractivity contribution in [2.24, 2.45) is 5.41 Å². The van der Waals surface area contributed by atoms with Crippen molar-refractivity contribution in [2.75, 3.05) is 95.4 Å². The van der Waals surface area contributed by atoms with Crippen LogP contribution in [-0.2, 0) is 15.3 Å². The number of rotatable bonds is 16. The molecule has 1 fully saturated rings. The largest absolute Gasteiger partial charge is 0.495 e. The lowest BCUT2D eigenvalue weighted by Gasteiger charge is -2.34. The van der Waals surface area contributed by atoms with Crippen LogP contribution in [0, 0.1) is 88.5 Å². The first-order valence-corrected chi connectivity index (χ1v) is 40.5. The normalized spacial score (nSPS) is 12.2. The molecule has 0 saturated carbocycles. The number of benzene rings is 6. The Morgan fingerprint density at radius 3 is 1.36 bits per heavy atom. The molecule has 2 aliphatic heterocycles. The van der Waals surface area contributed by atoms with Crippen molar-refractivity contribution in [1.29, 1.82) is 0 Å². The van der Waals surface area contributed by atoms with Crippen LogP contribution in [0.2, 0.25) is 10.0 Å². The Bertz CT molecular complexity index is 5490. The number of hydrogen-bond acceptors (Lipinski definition) is 26. The second kappa shape index (κ2) is 40.6. The van der Waals surface area contributed by atoms with Crippen LogP contribution in [0.5, 0.6) is 17.2 Å². The van der Waals surface area contributed by atoms with Gasteiger partial charge in [-0.25, -0.2) is 63.2 Å². The summed E-state index contributed by atoms with van der Waals surface area (Å²) < 4.78 is 41.0. The number of para-hydroxylation sites is 1. The van der Waals surface area contributed by atoms with Gasteiger partial charge in [-0.3, -0.25) is 0 Å². The van der Waals surface area contributed by atoms with Crippen LogP contribution in [0.25, 0.3) is 0 Å². The number of nitrogens with zero attached hydrogens (tertiary/aromatic N) is 14. The first-order valence-electron chi connectivity index (χ1n) is 38.1. The fourth-order valence-corrected chi connectivity index (χ4v) is 13.6. The summed E-state index contributed by atoms with van der Waals surface area (Å²) in [6.45, 7) is 40.0. The molecule has 26 nitrogen and oxygen atoms in total. The number of ether oxygens (including phenoxy) is 3. The average Bonchev–Trinajstić information content (AvgIpc) is 1.81. The summed E-state index contributed by atoms with van der Waals surface area (Å²) in [6.07, 6.45) is 10.7. The maximum atomic E-state index is 12.5. The monoisotopic (exact) mass is 1640 g/mol. The number of nitrogens with one attached hydrogen (secondary N) is 6. The zero-order chi connectivity index (χ0) is 84.9. The molecule has 6 aromatic heterocycles. The van der Waals surface area contributed by atoms with Crippen molar-refractivity contribution in [2.45, 2.75) is 135 Å². The van der Waals surface area contributed by atoms with Crippen molar-refractivity contribution in [3.63, 3.8) is 0 Å². The van der Waals surface area contributed by atoms with Crippen LogP contribution in [-0.4, -0.2) is 126 Å². The predicted octanol–water partition coefficient (Wildman–Crippen LogP) is 19.5. The van der Waals surface area contributed by atoms with Gasteiger partial charge in [-0.05, 0) is 209 Å². The highest BCUT2D eigenvalue weighted by Gasteiger charge is 2.25. The number of hydrogen-bond donors (Lipinski definition) is 7. The van der Waals surface area contributed by atoms with Crippen molar-refractivity contribution >= 4 is 114 Å². The van der Waals surface area contributed by atoms with E-state index < -0.39 is 9.84 Å². The van der Waals surface area contributed by atoms with Crippen LogP contribution < -0.4 is 56.7 Å². The minimum Gasteiger partial charge on any atom is -0.495 e. The van der Waals surface area contributed by atoms with Crippen molar-refractivity contribution in [3.8, 4) is 17.2 Å². The summed E-state index contributed by atoms with van der Waals surface area (Å²) in [7, 11) is 0.429. The maximum Gasteiger partial charge on any atom is 0.231 e. The molecule has 0 spiro atoms. The number of anilines is 14. The lowest BCUT2D eigenvalue weighted by atomic mass is 9.87. The molecule has 614 valence electrons. The number of sulfone groups is 1. The molecule has 8 N–H and O–H groups in total. The third kappa shape index (κ3) is 27.1. The van der Waals surface area contributed by atoms with Crippen molar-refractivity contribution in [1.82, 2.24) is 64.7 Å². The molecular formula is C88H107Cl2N21O5S. The Hall–Kier alpha value is -11.9. The number of aryl methyl sites for hydroxylation is 12. The number of nitrogens with two attached hydrogens (primary N) is 1. The van der Waals surface area contributed by atoms with E-state index in [2.05, 4.69) is 166 Å². The molecule has 0 bridgehead atoms. The Morgan fingerprint density at radius 1 is 0.453 bits per heavy atom. The third-order valence-electron chi connectivity index (χ3n) is 18.0. The van der Waals surface area contributed by atoms with Gasteiger partial charge >= 0.3 is 0 Å². The molecule has 6 aromatic carbocycles. The highest BCUT2D eigenvalue weighted by Crippen LogP contribution is 2.41. The summed E-state index contributed by atoms with van der Waals surface area (Å²) in [5.41, 5.74) is 20.5. The molecule has 29 heteroatoms. The average molecular weight is 1640 g/mol. The van der Waals surface area contributed by atoms with Crippen LogP contribution in [0.4, 0.5) is 80.7 Å². The van der Waals surface area contributed by atoms with E-state index in [1.54, 1.807) is 56.2 Å². The summed E-state index contributed by atoms with van der Waals surface area (Å²) in [5.74, 6) is 10.9. The van der Waals surface area contributed by atoms with Gasteiger partial charge in [0, 0.05) is 142 Å². The number of methoxy groups -OCH3 is 1. The van der Waals surface area contributed by atoms with Crippen LogP contribution in [0.1, 0.15) is 115 Å². The Labute approximate surface area is 698 Å². The van der Waals surface area contributed by atoms with Gasteiger partial charge in [0.1, 0.15) is 69.8 Å². The molecule has 1 saturated heterocycles. The van der Waals surface area contributed by atoms with Crippen molar-refractivity contribution < 1.29 is 22.6 Å². The zero-order valence-electron chi connectivity index (χ0n) is 70.4. The van der Waals surface area contributed by atoms with Crippen LogP contribution in [0.3, 0.4) is 0 Å². The van der Waals surface area contributed by atoms with Gasteiger partial charge in [-0.15, -0.1) is 0 Å². The van der Waals surface area contributed by atoms with Crippen LogP contribution in [0.15, 0.2) is 169 Å². The molecule has 117 heavy (non-hydrogen) atoms. The quantitative estimate of drug-likeness (QED) is 0.0472. The van der Waals surface area contributed by atoms with Gasteiger partial charge in [-0.2, -0.15) is 4.98 Å². The Kier molecular flexibility index (Phi) is 30.9. The van der Waals surface area contributed by atoms with E-state index in [9.17, 15) is 8.42 Å². The minimum atomic E-state index is -3.32. The number of nitrogen functional groups attached to an aromatic ring is 1. The first-order chi connectivity index (χ1) is 55.4. The van der Waals surface area contributed by atoms with E-state index >= 15 is 0 Å². The Balaban J connectivity index is 0.000000161. The van der Waals surface area contributed by atoms with E-state index in [0.29, 0.717) is 44.8 Å². The second-order valence-electron chi connectivity index (χ2n) is 30.6.